The topological polar surface area (TPSA) is 66.0 Å². The summed E-state index contributed by atoms with van der Waals surface area (Å²) in [5.41, 5.74) is 3.73. The molecule has 136 valence electrons. The number of aromatic hydroxyl groups is 1. The Morgan fingerprint density at radius 3 is 2.56 bits per heavy atom. The molecule has 0 spiro atoms. The number of pyridine rings is 1. The molecule has 0 saturated heterocycles. The number of nitrogens with zero attached hydrogens (tertiary/aromatic N) is 2. The van der Waals surface area contributed by atoms with Gasteiger partial charge in [0, 0.05) is 11.8 Å². The number of unbranched alkanes of at least 4 members (excludes halogenated alkanes) is 1. The molecule has 27 heavy (non-hydrogen) atoms. The third-order valence-electron chi connectivity index (χ3n) is 4.66. The second-order valence-corrected chi connectivity index (χ2v) is 6.55. The van der Waals surface area contributed by atoms with Crippen molar-refractivity contribution in [2.24, 2.45) is 0 Å². The third-order valence-corrected chi connectivity index (χ3v) is 4.66. The number of benzene rings is 2. The van der Waals surface area contributed by atoms with Crippen LogP contribution >= 0.6 is 0 Å². The van der Waals surface area contributed by atoms with Crippen molar-refractivity contribution in [3.63, 3.8) is 0 Å². The van der Waals surface area contributed by atoms with Gasteiger partial charge in [-0.1, -0.05) is 61.9 Å². The summed E-state index contributed by atoms with van der Waals surface area (Å²) in [4.78, 5) is 12.5. The molecule has 0 aliphatic carbocycles. The first-order valence-corrected chi connectivity index (χ1v) is 9.14. The number of hydrogen-bond donors (Lipinski definition) is 1. The van der Waals surface area contributed by atoms with Crippen molar-refractivity contribution in [1.29, 1.82) is 5.26 Å². The van der Waals surface area contributed by atoms with Gasteiger partial charge in [0.25, 0.3) is 5.56 Å². The standard InChI is InChI=1S/C23H22N2O2/c1-2-3-11-19-13-20(26)14-23(27)25(19)16-18-10-7-12-21(22(18)15-24)17-8-5-4-6-9-17/h4-10,12-14,26H,2-3,11,16H2,1H3. The molecular weight excluding hydrogens is 336 g/mol. The molecule has 4 nitrogen and oxygen atoms in total. The van der Waals surface area contributed by atoms with Crippen LogP contribution in [-0.4, -0.2) is 9.67 Å². The third kappa shape index (κ3) is 4.09. The van der Waals surface area contributed by atoms with Crippen LogP contribution in [0, 0.1) is 11.3 Å². The smallest absolute Gasteiger partial charge is 0.254 e. The molecule has 3 aromatic rings. The maximum Gasteiger partial charge on any atom is 0.254 e. The Balaban J connectivity index is 2.07. The van der Waals surface area contributed by atoms with E-state index in [0.29, 0.717) is 18.5 Å². The van der Waals surface area contributed by atoms with Crippen LogP contribution in [0.3, 0.4) is 0 Å². The predicted octanol–water partition coefficient (Wildman–Crippen LogP) is 4.48. The molecule has 0 unspecified atom stereocenters. The number of hydrogen-bond acceptors (Lipinski definition) is 3. The van der Waals surface area contributed by atoms with E-state index in [2.05, 4.69) is 13.0 Å². The van der Waals surface area contributed by atoms with Crippen molar-refractivity contribution in [2.75, 3.05) is 0 Å². The zero-order chi connectivity index (χ0) is 19.2. The zero-order valence-corrected chi connectivity index (χ0v) is 15.4. The summed E-state index contributed by atoms with van der Waals surface area (Å²) >= 11 is 0. The van der Waals surface area contributed by atoms with Gasteiger partial charge in [0.1, 0.15) is 11.8 Å². The Hall–Kier alpha value is -3.32. The van der Waals surface area contributed by atoms with Crippen molar-refractivity contribution in [1.82, 2.24) is 4.57 Å². The van der Waals surface area contributed by atoms with Gasteiger partial charge in [-0.25, -0.2) is 0 Å². The molecule has 0 amide bonds. The van der Waals surface area contributed by atoms with E-state index in [9.17, 15) is 15.2 Å². The van der Waals surface area contributed by atoms with Crippen LogP contribution in [0.15, 0.2) is 65.5 Å². The van der Waals surface area contributed by atoms with Crippen LogP contribution < -0.4 is 5.56 Å². The van der Waals surface area contributed by atoms with Crippen LogP contribution in [-0.2, 0) is 13.0 Å². The summed E-state index contributed by atoms with van der Waals surface area (Å²) in [6.07, 6.45) is 2.63. The van der Waals surface area contributed by atoms with Crippen molar-refractivity contribution in [3.8, 4) is 22.9 Å². The molecule has 1 N–H and O–H groups in total. The minimum Gasteiger partial charge on any atom is -0.508 e. The van der Waals surface area contributed by atoms with E-state index < -0.39 is 0 Å². The average Bonchev–Trinajstić information content (AvgIpc) is 2.69. The highest BCUT2D eigenvalue weighted by molar-refractivity contribution is 5.72. The summed E-state index contributed by atoms with van der Waals surface area (Å²) in [5.74, 6) is -0.0131. The minimum atomic E-state index is -0.255. The first-order valence-electron chi connectivity index (χ1n) is 9.14. The fourth-order valence-electron chi connectivity index (χ4n) is 3.27. The molecule has 0 radical (unpaired) electrons. The summed E-state index contributed by atoms with van der Waals surface area (Å²) in [7, 11) is 0. The molecule has 4 heteroatoms. The van der Waals surface area contributed by atoms with Crippen LogP contribution in [0.5, 0.6) is 5.75 Å². The normalized spacial score (nSPS) is 10.5. The molecule has 0 atom stereocenters. The second-order valence-electron chi connectivity index (χ2n) is 6.55. The second kappa shape index (κ2) is 8.37. The van der Waals surface area contributed by atoms with Crippen LogP contribution in [0.2, 0.25) is 0 Å². The molecule has 2 aromatic carbocycles. The maximum absolute atomic E-state index is 12.5. The van der Waals surface area contributed by atoms with E-state index in [0.717, 1.165) is 35.2 Å². The number of aromatic nitrogens is 1. The molecule has 0 bridgehead atoms. The number of nitriles is 1. The molecule has 0 aliphatic heterocycles. The lowest BCUT2D eigenvalue weighted by Crippen LogP contribution is -2.23. The highest BCUT2D eigenvalue weighted by atomic mass is 16.3. The monoisotopic (exact) mass is 358 g/mol. The minimum absolute atomic E-state index is 0.0131. The largest absolute Gasteiger partial charge is 0.508 e. The molecular formula is C23H22N2O2. The molecule has 0 saturated carbocycles. The van der Waals surface area contributed by atoms with E-state index in [-0.39, 0.29) is 11.3 Å². The lowest BCUT2D eigenvalue weighted by Gasteiger charge is -2.15. The predicted molar refractivity (Wildman–Crippen MR) is 107 cm³/mol. The van der Waals surface area contributed by atoms with Gasteiger partial charge in [-0.2, -0.15) is 5.26 Å². The first-order chi connectivity index (χ1) is 13.1. The maximum atomic E-state index is 12.5. The van der Waals surface area contributed by atoms with Gasteiger partial charge in [-0.3, -0.25) is 4.79 Å². The Labute approximate surface area is 159 Å². The molecule has 0 aliphatic rings. The zero-order valence-electron chi connectivity index (χ0n) is 15.4. The molecule has 3 rings (SSSR count). The lowest BCUT2D eigenvalue weighted by molar-refractivity contribution is 0.468. The Bertz CT molecular complexity index is 1030. The Morgan fingerprint density at radius 2 is 1.85 bits per heavy atom. The van der Waals surface area contributed by atoms with Gasteiger partial charge in [-0.05, 0) is 35.6 Å². The van der Waals surface area contributed by atoms with Gasteiger partial charge < -0.3 is 9.67 Å². The van der Waals surface area contributed by atoms with Gasteiger partial charge in [0.05, 0.1) is 12.1 Å². The van der Waals surface area contributed by atoms with Gasteiger partial charge in [-0.15, -0.1) is 0 Å². The highest BCUT2D eigenvalue weighted by Crippen LogP contribution is 2.26. The van der Waals surface area contributed by atoms with Crippen LogP contribution in [0.25, 0.3) is 11.1 Å². The van der Waals surface area contributed by atoms with E-state index in [1.54, 1.807) is 10.6 Å². The molecule has 1 aromatic heterocycles. The molecule has 0 fully saturated rings. The number of aryl methyl sites for hydroxylation is 1. The highest BCUT2D eigenvalue weighted by Gasteiger charge is 2.13. The SMILES string of the molecule is CCCCc1cc(O)cc(=O)n1Cc1cccc(-c2ccccc2)c1C#N. The average molecular weight is 358 g/mol. The summed E-state index contributed by atoms with van der Waals surface area (Å²) in [6, 6.07) is 20.7. The molecule has 1 heterocycles. The Morgan fingerprint density at radius 1 is 1.07 bits per heavy atom. The van der Waals surface area contributed by atoms with E-state index in [1.165, 1.54) is 6.07 Å². The van der Waals surface area contributed by atoms with Crippen molar-refractivity contribution in [3.05, 3.63) is 87.8 Å². The van der Waals surface area contributed by atoms with E-state index in [1.807, 2.05) is 48.5 Å². The lowest BCUT2D eigenvalue weighted by atomic mass is 9.96. The van der Waals surface area contributed by atoms with E-state index >= 15 is 0 Å². The number of rotatable bonds is 6. The fourth-order valence-corrected chi connectivity index (χ4v) is 3.27. The summed E-state index contributed by atoms with van der Waals surface area (Å²) < 4.78 is 1.65. The van der Waals surface area contributed by atoms with Crippen LogP contribution in [0.1, 0.15) is 36.6 Å². The van der Waals surface area contributed by atoms with Crippen molar-refractivity contribution < 1.29 is 5.11 Å². The summed E-state index contributed by atoms with van der Waals surface area (Å²) in [6.45, 7) is 2.39. The van der Waals surface area contributed by atoms with Gasteiger partial charge in [0.2, 0.25) is 0 Å². The van der Waals surface area contributed by atoms with Crippen molar-refractivity contribution in [2.45, 2.75) is 32.7 Å². The summed E-state index contributed by atoms with van der Waals surface area (Å²) in [5, 5.41) is 19.6. The Kier molecular flexibility index (Phi) is 5.73. The van der Waals surface area contributed by atoms with Gasteiger partial charge >= 0.3 is 0 Å². The fraction of sp³-hybridized carbons (Fsp3) is 0.217. The van der Waals surface area contributed by atoms with Gasteiger partial charge in [0.15, 0.2) is 0 Å². The van der Waals surface area contributed by atoms with Crippen molar-refractivity contribution >= 4 is 0 Å². The van der Waals surface area contributed by atoms with E-state index in [4.69, 9.17) is 0 Å². The first kappa shape index (κ1) is 18.5. The quantitative estimate of drug-likeness (QED) is 0.706. The van der Waals surface area contributed by atoms with Crippen LogP contribution in [0.4, 0.5) is 0 Å².